The normalized spacial score (nSPS) is 20.6. The molecule has 1 N–H and O–H groups in total. The molecule has 1 heterocycles. The number of rotatable bonds is 4. The lowest BCUT2D eigenvalue weighted by atomic mass is 9.93. The molecule has 1 nitrogen and oxygen atoms in total. The zero-order valence-corrected chi connectivity index (χ0v) is 13.1. The summed E-state index contributed by atoms with van der Waals surface area (Å²) in [6.45, 7) is 2.20. The molecule has 1 aromatic rings. The van der Waals surface area contributed by atoms with Crippen LogP contribution in [0.25, 0.3) is 0 Å². The zero-order chi connectivity index (χ0) is 12.3. The number of halogens is 1. The van der Waals surface area contributed by atoms with Gasteiger partial charge in [0.15, 0.2) is 0 Å². The van der Waals surface area contributed by atoms with Gasteiger partial charge in [0.05, 0.1) is 2.88 Å². The van der Waals surface area contributed by atoms with Crippen molar-refractivity contribution in [2.45, 2.75) is 51.1 Å². The van der Waals surface area contributed by atoms with Gasteiger partial charge in [-0.15, -0.1) is 23.7 Å². The third-order valence-corrected chi connectivity index (χ3v) is 5.35. The number of hydrogen-bond acceptors (Lipinski definition) is 2. The van der Waals surface area contributed by atoms with Crippen LogP contribution in [0.5, 0.6) is 0 Å². The van der Waals surface area contributed by atoms with Gasteiger partial charge in [-0.3, -0.25) is 0 Å². The molecule has 0 amide bonds. The molecule has 0 saturated heterocycles. The molecule has 0 radical (unpaired) electrons. The van der Waals surface area contributed by atoms with Gasteiger partial charge in [-0.25, -0.2) is 0 Å². The number of aryl methyl sites for hydroxylation is 1. The highest BCUT2D eigenvalue weighted by Gasteiger charge is 2.23. The summed E-state index contributed by atoms with van der Waals surface area (Å²) in [5.41, 5.74) is 1.53. The Hall–Kier alpha value is -0.0500. The molecular weight excluding hydrogens is 341 g/mol. The summed E-state index contributed by atoms with van der Waals surface area (Å²) in [4.78, 5) is 1.58. The van der Waals surface area contributed by atoms with Crippen molar-refractivity contribution in [2.75, 3.05) is 0 Å². The van der Waals surface area contributed by atoms with E-state index < -0.39 is 0 Å². The van der Waals surface area contributed by atoms with Crippen molar-refractivity contribution in [2.24, 2.45) is 0 Å². The first-order chi connectivity index (χ1) is 8.24. The van der Waals surface area contributed by atoms with Crippen LogP contribution in [0.4, 0.5) is 0 Å². The summed E-state index contributed by atoms with van der Waals surface area (Å²) in [5, 5.41) is 3.74. The lowest BCUT2D eigenvalue weighted by molar-refractivity contribution is 0.392. The molecule has 2 unspecified atom stereocenters. The summed E-state index contributed by atoms with van der Waals surface area (Å²) in [7, 11) is 0. The van der Waals surface area contributed by atoms with Crippen LogP contribution in [-0.2, 0) is 6.42 Å². The van der Waals surface area contributed by atoms with Crippen molar-refractivity contribution in [3.8, 4) is 12.3 Å². The van der Waals surface area contributed by atoms with Gasteiger partial charge in [0, 0.05) is 23.4 Å². The van der Waals surface area contributed by atoms with Crippen molar-refractivity contribution < 1.29 is 0 Å². The van der Waals surface area contributed by atoms with E-state index in [4.69, 9.17) is 6.42 Å². The predicted molar refractivity (Wildman–Crippen MR) is 83.4 cm³/mol. The average molecular weight is 359 g/mol. The second-order valence-corrected chi connectivity index (χ2v) is 7.58. The van der Waals surface area contributed by atoms with Gasteiger partial charge >= 0.3 is 0 Å². The standard InChI is InChI=1S/C14H18INS/c1-3-6-10(4-2)16-12-7-5-8-13-11(12)9-14(15)17-13/h1,9-10,12,16H,4-8H2,2H3. The van der Waals surface area contributed by atoms with Crippen molar-refractivity contribution in [1.82, 2.24) is 5.32 Å². The number of terminal acetylenes is 1. The predicted octanol–water partition coefficient (Wildman–Crippen LogP) is 4.12. The molecular formula is C14H18INS. The smallest absolute Gasteiger partial charge is 0.0659 e. The molecule has 1 aliphatic rings. The van der Waals surface area contributed by atoms with E-state index in [9.17, 15) is 0 Å². The molecule has 2 atom stereocenters. The molecule has 0 spiro atoms. The number of fused-ring (bicyclic) bond motifs is 1. The van der Waals surface area contributed by atoms with Crippen LogP contribution in [-0.4, -0.2) is 6.04 Å². The van der Waals surface area contributed by atoms with E-state index in [1.165, 1.54) is 27.7 Å². The summed E-state index contributed by atoms with van der Waals surface area (Å²) >= 11 is 4.38. The van der Waals surface area contributed by atoms with E-state index in [2.05, 4.69) is 46.8 Å². The molecule has 0 fully saturated rings. The summed E-state index contributed by atoms with van der Waals surface area (Å²) in [5.74, 6) is 2.78. The Morgan fingerprint density at radius 3 is 3.24 bits per heavy atom. The van der Waals surface area contributed by atoms with E-state index in [-0.39, 0.29) is 0 Å². The molecule has 0 aliphatic heterocycles. The summed E-state index contributed by atoms with van der Waals surface area (Å²) < 4.78 is 1.41. The highest BCUT2D eigenvalue weighted by molar-refractivity contribution is 14.1. The Kier molecular flexibility index (Phi) is 4.89. The van der Waals surface area contributed by atoms with Crippen LogP contribution in [0.15, 0.2) is 6.07 Å². The van der Waals surface area contributed by atoms with Crippen molar-refractivity contribution in [3.05, 3.63) is 19.4 Å². The fraction of sp³-hybridized carbons (Fsp3) is 0.571. The number of thiophene rings is 1. The Morgan fingerprint density at radius 1 is 1.71 bits per heavy atom. The largest absolute Gasteiger partial charge is 0.306 e. The molecule has 92 valence electrons. The van der Waals surface area contributed by atoms with E-state index in [0.29, 0.717) is 12.1 Å². The van der Waals surface area contributed by atoms with Crippen LogP contribution in [0.3, 0.4) is 0 Å². The van der Waals surface area contributed by atoms with Gasteiger partial charge in [0.2, 0.25) is 0 Å². The van der Waals surface area contributed by atoms with E-state index in [0.717, 1.165) is 12.8 Å². The average Bonchev–Trinajstić information content (AvgIpc) is 2.70. The van der Waals surface area contributed by atoms with Crippen molar-refractivity contribution in [3.63, 3.8) is 0 Å². The van der Waals surface area contributed by atoms with Crippen LogP contribution in [0, 0.1) is 15.2 Å². The molecule has 1 aromatic heterocycles. The van der Waals surface area contributed by atoms with Gasteiger partial charge in [0.25, 0.3) is 0 Å². The summed E-state index contributed by atoms with van der Waals surface area (Å²) in [6, 6.07) is 3.34. The zero-order valence-electron chi connectivity index (χ0n) is 10.1. The molecule has 2 rings (SSSR count). The molecule has 1 aliphatic carbocycles. The fourth-order valence-electron chi connectivity index (χ4n) is 2.44. The van der Waals surface area contributed by atoms with E-state index >= 15 is 0 Å². The van der Waals surface area contributed by atoms with Crippen LogP contribution in [0.1, 0.15) is 49.1 Å². The third-order valence-electron chi connectivity index (χ3n) is 3.38. The van der Waals surface area contributed by atoms with E-state index in [1.54, 1.807) is 4.88 Å². The second-order valence-electron chi connectivity index (χ2n) is 4.55. The SMILES string of the molecule is C#CCC(CC)NC1CCCc2sc(I)cc21. The first-order valence-electron chi connectivity index (χ1n) is 6.22. The molecule has 17 heavy (non-hydrogen) atoms. The van der Waals surface area contributed by atoms with Crippen LogP contribution >= 0.6 is 33.9 Å². The minimum Gasteiger partial charge on any atom is -0.306 e. The highest BCUT2D eigenvalue weighted by Crippen LogP contribution is 2.36. The minimum absolute atomic E-state index is 0.466. The molecule has 3 heteroatoms. The van der Waals surface area contributed by atoms with E-state index in [1.807, 2.05) is 11.3 Å². The Labute approximate surface area is 122 Å². The monoisotopic (exact) mass is 359 g/mol. The van der Waals surface area contributed by atoms with Crippen molar-refractivity contribution >= 4 is 33.9 Å². The van der Waals surface area contributed by atoms with Crippen LogP contribution < -0.4 is 5.32 Å². The fourth-order valence-corrected chi connectivity index (χ4v) is 4.56. The number of nitrogens with one attached hydrogen (secondary N) is 1. The van der Waals surface area contributed by atoms with Gasteiger partial charge in [-0.2, -0.15) is 0 Å². The first-order valence-corrected chi connectivity index (χ1v) is 8.11. The van der Waals surface area contributed by atoms with Gasteiger partial charge in [-0.1, -0.05) is 6.92 Å². The van der Waals surface area contributed by atoms with Crippen LogP contribution in [0.2, 0.25) is 0 Å². The Bertz CT molecular complexity index is 418. The number of hydrogen-bond donors (Lipinski definition) is 1. The second kappa shape index (κ2) is 6.21. The lowest BCUT2D eigenvalue weighted by Gasteiger charge is -2.27. The minimum atomic E-state index is 0.466. The third kappa shape index (κ3) is 3.24. The van der Waals surface area contributed by atoms with Gasteiger partial charge in [0.1, 0.15) is 0 Å². The Balaban J connectivity index is 2.10. The van der Waals surface area contributed by atoms with Gasteiger partial charge in [-0.05, 0) is 59.9 Å². The van der Waals surface area contributed by atoms with Crippen molar-refractivity contribution in [1.29, 1.82) is 0 Å². The maximum atomic E-state index is 5.42. The quantitative estimate of drug-likeness (QED) is 0.630. The highest BCUT2D eigenvalue weighted by atomic mass is 127. The molecule has 0 saturated carbocycles. The maximum Gasteiger partial charge on any atom is 0.0659 e. The molecule has 0 bridgehead atoms. The lowest BCUT2D eigenvalue weighted by Crippen LogP contribution is -2.33. The summed E-state index contributed by atoms with van der Waals surface area (Å²) in [6.07, 6.45) is 11.2. The topological polar surface area (TPSA) is 12.0 Å². The Morgan fingerprint density at radius 2 is 2.53 bits per heavy atom. The van der Waals surface area contributed by atoms with Gasteiger partial charge < -0.3 is 5.32 Å². The first kappa shape index (κ1) is 13.4. The maximum absolute atomic E-state index is 5.42. The molecule has 0 aromatic carbocycles.